The first-order valence-electron chi connectivity index (χ1n) is 8.05. The molecule has 6 nitrogen and oxygen atoms in total. The van der Waals surface area contributed by atoms with Crippen LogP contribution in [0.2, 0.25) is 0 Å². The number of carbonyl (C=O) groups is 2. The van der Waals surface area contributed by atoms with Crippen LogP contribution < -0.4 is 0 Å². The Bertz CT molecular complexity index is 998. The van der Waals surface area contributed by atoms with Gasteiger partial charge in [0.1, 0.15) is 0 Å². The number of carbonyl (C=O) groups excluding carboxylic acids is 2. The SMILES string of the molecule is COC(=O)c1nc(-c2ccc(Br)cc2)nc(C(=O)OC)c1-c1ccc(Br)cc1. The molecule has 1 aromatic heterocycles. The van der Waals surface area contributed by atoms with Crippen LogP contribution in [-0.4, -0.2) is 36.1 Å². The first-order chi connectivity index (χ1) is 13.4. The van der Waals surface area contributed by atoms with Crippen molar-refractivity contribution < 1.29 is 19.1 Å². The van der Waals surface area contributed by atoms with E-state index in [1.54, 1.807) is 36.4 Å². The molecule has 0 saturated carbocycles. The summed E-state index contributed by atoms with van der Waals surface area (Å²) >= 11 is 6.74. The number of hydrogen-bond donors (Lipinski definition) is 0. The maximum atomic E-state index is 12.5. The summed E-state index contributed by atoms with van der Waals surface area (Å²) in [5, 5.41) is 0. The average molecular weight is 506 g/mol. The summed E-state index contributed by atoms with van der Waals surface area (Å²) in [6, 6.07) is 14.3. The zero-order chi connectivity index (χ0) is 20.3. The summed E-state index contributed by atoms with van der Waals surface area (Å²) < 4.78 is 11.5. The molecule has 0 aliphatic heterocycles. The highest BCUT2D eigenvalue weighted by Gasteiger charge is 2.26. The van der Waals surface area contributed by atoms with Crippen LogP contribution in [0.15, 0.2) is 57.5 Å². The highest BCUT2D eigenvalue weighted by Crippen LogP contribution is 2.31. The maximum Gasteiger partial charge on any atom is 0.357 e. The van der Waals surface area contributed by atoms with Crippen LogP contribution in [0.1, 0.15) is 21.0 Å². The zero-order valence-corrected chi connectivity index (χ0v) is 18.1. The Morgan fingerprint density at radius 2 is 1.11 bits per heavy atom. The van der Waals surface area contributed by atoms with Crippen LogP contribution in [0.4, 0.5) is 0 Å². The van der Waals surface area contributed by atoms with Crippen molar-refractivity contribution in [1.29, 1.82) is 0 Å². The molecule has 0 N–H and O–H groups in total. The van der Waals surface area contributed by atoms with Crippen LogP contribution >= 0.6 is 31.9 Å². The molecule has 0 fully saturated rings. The van der Waals surface area contributed by atoms with E-state index in [4.69, 9.17) is 9.47 Å². The fraction of sp³-hybridized carbons (Fsp3) is 0.100. The van der Waals surface area contributed by atoms with Gasteiger partial charge in [0.2, 0.25) is 0 Å². The van der Waals surface area contributed by atoms with E-state index in [1.165, 1.54) is 14.2 Å². The fourth-order valence-corrected chi connectivity index (χ4v) is 3.10. The largest absolute Gasteiger partial charge is 0.464 e. The molecule has 2 aromatic carbocycles. The van der Waals surface area contributed by atoms with Crippen molar-refractivity contribution in [3.63, 3.8) is 0 Å². The third-order valence-electron chi connectivity index (χ3n) is 3.90. The topological polar surface area (TPSA) is 78.4 Å². The van der Waals surface area contributed by atoms with E-state index in [0.29, 0.717) is 11.1 Å². The van der Waals surface area contributed by atoms with E-state index in [2.05, 4.69) is 41.8 Å². The van der Waals surface area contributed by atoms with Gasteiger partial charge in [-0.25, -0.2) is 19.6 Å². The lowest BCUT2D eigenvalue weighted by molar-refractivity contribution is 0.0592. The standard InChI is InChI=1S/C20H14Br2N2O4/c1-27-19(25)16-15(11-3-7-13(21)8-4-11)17(20(26)28-2)24-18(23-16)12-5-9-14(22)10-6-12/h3-10H,1-2H3. The van der Waals surface area contributed by atoms with Crippen molar-refractivity contribution in [2.24, 2.45) is 0 Å². The molecule has 0 aliphatic carbocycles. The first-order valence-corrected chi connectivity index (χ1v) is 9.63. The summed E-state index contributed by atoms with van der Waals surface area (Å²) in [5.41, 5.74) is 1.45. The van der Waals surface area contributed by atoms with E-state index >= 15 is 0 Å². The average Bonchev–Trinajstić information content (AvgIpc) is 2.73. The number of rotatable bonds is 4. The Morgan fingerprint density at radius 3 is 1.50 bits per heavy atom. The lowest BCUT2D eigenvalue weighted by Crippen LogP contribution is -2.16. The van der Waals surface area contributed by atoms with Crippen LogP contribution in [0, 0.1) is 0 Å². The highest BCUT2D eigenvalue weighted by molar-refractivity contribution is 9.10. The van der Waals surface area contributed by atoms with E-state index in [0.717, 1.165) is 8.95 Å². The third kappa shape index (κ3) is 4.13. The molecule has 0 atom stereocenters. The summed E-state index contributed by atoms with van der Waals surface area (Å²) in [6.07, 6.45) is 0. The van der Waals surface area contributed by atoms with Gasteiger partial charge in [0.15, 0.2) is 17.2 Å². The highest BCUT2D eigenvalue weighted by atomic mass is 79.9. The smallest absolute Gasteiger partial charge is 0.357 e. The number of benzene rings is 2. The minimum absolute atomic E-state index is 0.0156. The Hall–Kier alpha value is -2.58. The summed E-state index contributed by atoms with van der Waals surface area (Å²) in [5.74, 6) is -1.14. The van der Waals surface area contributed by atoms with Crippen molar-refractivity contribution in [3.8, 4) is 22.5 Å². The van der Waals surface area contributed by atoms with Gasteiger partial charge in [0, 0.05) is 20.1 Å². The van der Waals surface area contributed by atoms with Crippen LogP contribution in [0.5, 0.6) is 0 Å². The molecule has 0 saturated heterocycles. The van der Waals surface area contributed by atoms with Crippen LogP contribution in [0.25, 0.3) is 22.5 Å². The van der Waals surface area contributed by atoms with Gasteiger partial charge in [-0.1, -0.05) is 56.1 Å². The van der Waals surface area contributed by atoms with Gasteiger partial charge in [-0.15, -0.1) is 0 Å². The van der Waals surface area contributed by atoms with Gasteiger partial charge in [0.05, 0.1) is 14.2 Å². The predicted octanol–water partition coefficient (Wildman–Crippen LogP) is 4.91. The molecular formula is C20H14Br2N2O4. The molecule has 1 heterocycles. The molecule has 142 valence electrons. The van der Waals surface area contributed by atoms with Gasteiger partial charge in [-0.3, -0.25) is 0 Å². The van der Waals surface area contributed by atoms with Crippen LogP contribution in [0.3, 0.4) is 0 Å². The lowest BCUT2D eigenvalue weighted by atomic mass is 10.0. The number of ether oxygens (including phenoxy) is 2. The molecule has 0 aliphatic rings. The monoisotopic (exact) mass is 504 g/mol. The van der Waals surface area contributed by atoms with Crippen molar-refractivity contribution in [3.05, 3.63) is 68.9 Å². The molecule has 3 aromatic rings. The Balaban J connectivity index is 2.32. The minimum atomic E-state index is -0.677. The van der Waals surface area contributed by atoms with Crippen molar-refractivity contribution in [1.82, 2.24) is 9.97 Å². The predicted molar refractivity (Wildman–Crippen MR) is 111 cm³/mol. The number of hydrogen-bond acceptors (Lipinski definition) is 6. The van der Waals surface area contributed by atoms with Gasteiger partial charge >= 0.3 is 11.9 Å². The second-order valence-electron chi connectivity index (χ2n) is 5.62. The van der Waals surface area contributed by atoms with Crippen molar-refractivity contribution in [2.45, 2.75) is 0 Å². The first kappa shape index (κ1) is 20.2. The van der Waals surface area contributed by atoms with Gasteiger partial charge in [-0.2, -0.15) is 0 Å². The number of esters is 2. The summed E-state index contributed by atoms with van der Waals surface area (Å²) in [4.78, 5) is 33.8. The van der Waals surface area contributed by atoms with E-state index in [9.17, 15) is 9.59 Å². The Morgan fingerprint density at radius 1 is 0.714 bits per heavy atom. The molecule has 0 bridgehead atoms. The third-order valence-corrected chi connectivity index (χ3v) is 4.96. The molecule has 0 unspecified atom stereocenters. The summed E-state index contributed by atoms with van der Waals surface area (Å²) in [6.45, 7) is 0. The lowest BCUT2D eigenvalue weighted by Gasteiger charge is -2.14. The molecule has 0 spiro atoms. The normalized spacial score (nSPS) is 10.4. The Labute approximate surface area is 178 Å². The second-order valence-corrected chi connectivity index (χ2v) is 7.45. The zero-order valence-electron chi connectivity index (χ0n) is 14.9. The van der Waals surface area contributed by atoms with E-state index in [1.807, 2.05) is 12.1 Å². The van der Waals surface area contributed by atoms with Gasteiger partial charge in [0.25, 0.3) is 0 Å². The number of aromatic nitrogens is 2. The summed E-state index contributed by atoms with van der Waals surface area (Å²) in [7, 11) is 2.51. The van der Waals surface area contributed by atoms with Crippen molar-refractivity contribution in [2.75, 3.05) is 14.2 Å². The molecule has 0 radical (unpaired) electrons. The van der Waals surface area contributed by atoms with Crippen molar-refractivity contribution >= 4 is 43.8 Å². The number of nitrogens with zero attached hydrogens (tertiary/aromatic N) is 2. The van der Waals surface area contributed by atoms with Gasteiger partial charge in [-0.05, 0) is 29.8 Å². The quantitative estimate of drug-likeness (QED) is 0.469. The fourth-order valence-electron chi connectivity index (χ4n) is 2.57. The van der Waals surface area contributed by atoms with E-state index in [-0.39, 0.29) is 22.8 Å². The molecular weight excluding hydrogens is 492 g/mol. The molecule has 28 heavy (non-hydrogen) atoms. The minimum Gasteiger partial charge on any atom is -0.464 e. The number of halogens is 2. The second kappa shape index (κ2) is 8.62. The Kier molecular flexibility index (Phi) is 6.21. The molecule has 0 amide bonds. The number of methoxy groups -OCH3 is 2. The maximum absolute atomic E-state index is 12.5. The van der Waals surface area contributed by atoms with Gasteiger partial charge < -0.3 is 9.47 Å². The van der Waals surface area contributed by atoms with Crippen LogP contribution in [-0.2, 0) is 9.47 Å². The molecule has 3 rings (SSSR count). The molecule has 8 heteroatoms. The van der Waals surface area contributed by atoms with E-state index < -0.39 is 11.9 Å².